The number of rotatable bonds is 9. The molecule has 0 fully saturated rings. The summed E-state index contributed by atoms with van der Waals surface area (Å²) in [4.78, 5) is 18.1. The van der Waals surface area contributed by atoms with E-state index < -0.39 is 0 Å². The van der Waals surface area contributed by atoms with Crippen LogP contribution >= 0.6 is 11.3 Å². The third kappa shape index (κ3) is 4.76. The van der Waals surface area contributed by atoms with Gasteiger partial charge in [-0.25, -0.2) is 4.98 Å². The number of esters is 1. The predicted molar refractivity (Wildman–Crippen MR) is 81.4 cm³/mol. The van der Waals surface area contributed by atoms with E-state index in [1.165, 1.54) is 7.11 Å². The maximum absolute atomic E-state index is 11.3. The van der Waals surface area contributed by atoms with Gasteiger partial charge in [0.2, 0.25) is 0 Å². The molecule has 0 aromatic carbocycles. The first kappa shape index (κ1) is 16.9. The van der Waals surface area contributed by atoms with Crippen molar-refractivity contribution in [3.8, 4) is 0 Å². The molecule has 0 aliphatic carbocycles. The number of methoxy groups -OCH3 is 2. The lowest BCUT2D eigenvalue weighted by Gasteiger charge is -2.29. The standard InChI is InChI=1S/C14H24N2O3S/c1-5-12(6-2)16(7-8-18-3)14-15-11(10-20-14)9-13(17)19-4/h10,12H,5-9H2,1-4H3. The van der Waals surface area contributed by atoms with Gasteiger partial charge in [0.15, 0.2) is 5.13 Å². The van der Waals surface area contributed by atoms with Crippen molar-refractivity contribution >= 4 is 22.4 Å². The lowest BCUT2D eigenvalue weighted by Crippen LogP contribution is -2.37. The van der Waals surface area contributed by atoms with Gasteiger partial charge in [0.1, 0.15) is 0 Å². The summed E-state index contributed by atoms with van der Waals surface area (Å²) in [7, 11) is 3.10. The quantitative estimate of drug-likeness (QED) is 0.656. The molecule has 1 rings (SSSR count). The van der Waals surface area contributed by atoms with Crippen LogP contribution in [-0.2, 0) is 20.7 Å². The van der Waals surface area contributed by atoms with Gasteiger partial charge in [-0.05, 0) is 12.8 Å². The second kappa shape index (κ2) is 8.92. The summed E-state index contributed by atoms with van der Waals surface area (Å²) in [6.45, 7) is 5.84. The SMILES string of the molecule is CCC(CC)N(CCOC)c1nc(CC(=O)OC)cs1. The molecular formula is C14H24N2O3S. The number of anilines is 1. The molecule has 0 bridgehead atoms. The van der Waals surface area contributed by atoms with Gasteiger partial charge in [0.05, 0.1) is 25.8 Å². The topological polar surface area (TPSA) is 51.7 Å². The van der Waals surface area contributed by atoms with Crippen molar-refractivity contribution in [1.82, 2.24) is 4.98 Å². The number of nitrogens with zero attached hydrogens (tertiary/aromatic N) is 2. The van der Waals surface area contributed by atoms with Crippen LogP contribution in [0.4, 0.5) is 5.13 Å². The highest BCUT2D eigenvalue weighted by atomic mass is 32.1. The van der Waals surface area contributed by atoms with Crippen LogP contribution in [0.5, 0.6) is 0 Å². The van der Waals surface area contributed by atoms with Crippen LogP contribution in [0, 0.1) is 0 Å². The third-order valence-corrected chi connectivity index (χ3v) is 4.18. The molecule has 0 radical (unpaired) electrons. The Morgan fingerprint density at radius 3 is 2.65 bits per heavy atom. The third-order valence-electron chi connectivity index (χ3n) is 3.26. The lowest BCUT2D eigenvalue weighted by atomic mass is 10.1. The van der Waals surface area contributed by atoms with Crippen molar-refractivity contribution in [2.24, 2.45) is 0 Å². The molecule has 0 saturated heterocycles. The van der Waals surface area contributed by atoms with Gasteiger partial charge in [-0.2, -0.15) is 0 Å². The summed E-state index contributed by atoms with van der Waals surface area (Å²) in [6.07, 6.45) is 2.35. The monoisotopic (exact) mass is 300 g/mol. The van der Waals surface area contributed by atoms with E-state index in [1.807, 2.05) is 5.38 Å². The molecule has 0 spiro atoms. The van der Waals surface area contributed by atoms with E-state index in [9.17, 15) is 4.79 Å². The minimum Gasteiger partial charge on any atom is -0.469 e. The Bertz CT molecular complexity index is 405. The zero-order valence-electron chi connectivity index (χ0n) is 12.7. The number of hydrogen-bond donors (Lipinski definition) is 0. The molecular weight excluding hydrogens is 276 g/mol. The highest BCUT2D eigenvalue weighted by Gasteiger charge is 2.19. The second-order valence-corrected chi connectivity index (χ2v) is 5.37. The average molecular weight is 300 g/mol. The molecule has 0 unspecified atom stereocenters. The fourth-order valence-corrected chi connectivity index (χ4v) is 3.01. The smallest absolute Gasteiger partial charge is 0.311 e. The van der Waals surface area contributed by atoms with Crippen LogP contribution in [0.15, 0.2) is 5.38 Å². The first-order valence-electron chi connectivity index (χ1n) is 6.92. The molecule has 114 valence electrons. The van der Waals surface area contributed by atoms with Gasteiger partial charge < -0.3 is 14.4 Å². The molecule has 0 amide bonds. The maximum Gasteiger partial charge on any atom is 0.311 e. The van der Waals surface area contributed by atoms with Crippen LogP contribution in [-0.4, -0.2) is 44.4 Å². The molecule has 5 nitrogen and oxygen atoms in total. The molecule has 1 aromatic rings. The van der Waals surface area contributed by atoms with Crippen molar-refractivity contribution in [2.75, 3.05) is 32.3 Å². The molecule has 0 aliphatic rings. The summed E-state index contributed by atoms with van der Waals surface area (Å²) >= 11 is 1.57. The first-order chi connectivity index (χ1) is 9.65. The molecule has 0 aliphatic heterocycles. The van der Waals surface area contributed by atoms with E-state index in [0.29, 0.717) is 12.6 Å². The Labute approximate surface area is 124 Å². The Hall–Kier alpha value is -1.14. The summed E-state index contributed by atoms with van der Waals surface area (Å²) in [5.41, 5.74) is 0.769. The van der Waals surface area contributed by atoms with E-state index in [1.54, 1.807) is 18.4 Å². The second-order valence-electron chi connectivity index (χ2n) is 4.53. The van der Waals surface area contributed by atoms with Crippen molar-refractivity contribution < 1.29 is 14.3 Å². The van der Waals surface area contributed by atoms with Crippen molar-refractivity contribution in [2.45, 2.75) is 39.2 Å². The first-order valence-corrected chi connectivity index (χ1v) is 7.80. The molecule has 0 atom stereocenters. The van der Waals surface area contributed by atoms with Crippen LogP contribution in [0.25, 0.3) is 0 Å². The Morgan fingerprint density at radius 2 is 2.10 bits per heavy atom. The molecule has 0 N–H and O–H groups in total. The lowest BCUT2D eigenvalue weighted by molar-refractivity contribution is -0.139. The number of ether oxygens (including phenoxy) is 2. The number of carbonyl (C=O) groups is 1. The van der Waals surface area contributed by atoms with E-state index in [4.69, 9.17) is 4.74 Å². The molecule has 0 saturated carbocycles. The number of hydrogen-bond acceptors (Lipinski definition) is 6. The summed E-state index contributed by atoms with van der Waals surface area (Å²) in [5.74, 6) is -0.257. The summed E-state index contributed by atoms with van der Waals surface area (Å²) in [5, 5.41) is 2.88. The van der Waals surface area contributed by atoms with Gasteiger partial charge in [0.25, 0.3) is 0 Å². The van der Waals surface area contributed by atoms with Crippen LogP contribution in [0.2, 0.25) is 0 Å². The van der Waals surface area contributed by atoms with Gasteiger partial charge in [-0.3, -0.25) is 4.79 Å². The Morgan fingerprint density at radius 1 is 1.40 bits per heavy atom. The van der Waals surface area contributed by atoms with Crippen LogP contribution in [0.1, 0.15) is 32.4 Å². The highest BCUT2D eigenvalue weighted by molar-refractivity contribution is 7.13. The van der Waals surface area contributed by atoms with Gasteiger partial charge in [0, 0.05) is 25.1 Å². The molecule has 6 heteroatoms. The maximum atomic E-state index is 11.3. The van der Waals surface area contributed by atoms with Crippen molar-refractivity contribution in [3.63, 3.8) is 0 Å². The Balaban J connectivity index is 2.82. The van der Waals surface area contributed by atoms with Gasteiger partial charge in [-0.1, -0.05) is 13.8 Å². The minimum atomic E-state index is -0.257. The van der Waals surface area contributed by atoms with Gasteiger partial charge in [-0.15, -0.1) is 11.3 Å². The zero-order valence-corrected chi connectivity index (χ0v) is 13.5. The summed E-state index contributed by atoms with van der Waals surface area (Å²) in [6, 6.07) is 0.447. The van der Waals surface area contributed by atoms with E-state index in [0.717, 1.165) is 30.2 Å². The van der Waals surface area contributed by atoms with E-state index in [-0.39, 0.29) is 12.4 Å². The highest BCUT2D eigenvalue weighted by Crippen LogP contribution is 2.25. The normalized spacial score (nSPS) is 10.8. The van der Waals surface area contributed by atoms with Crippen molar-refractivity contribution in [1.29, 1.82) is 0 Å². The van der Waals surface area contributed by atoms with Gasteiger partial charge >= 0.3 is 5.97 Å². The number of carbonyl (C=O) groups excluding carboxylic acids is 1. The zero-order chi connectivity index (χ0) is 15.0. The fourth-order valence-electron chi connectivity index (χ4n) is 2.08. The minimum absolute atomic E-state index is 0.230. The van der Waals surface area contributed by atoms with Crippen LogP contribution < -0.4 is 4.90 Å². The van der Waals surface area contributed by atoms with E-state index >= 15 is 0 Å². The number of aromatic nitrogens is 1. The Kier molecular flexibility index (Phi) is 7.54. The largest absolute Gasteiger partial charge is 0.469 e. The molecule has 20 heavy (non-hydrogen) atoms. The van der Waals surface area contributed by atoms with Crippen LogP contribution in [0.3, 0.4) is 0 Å². The number of thiazole rings is 1. The van der Waals surface area contributed by atoms with Crippen molar-refractivity contribution in [3.05, 3.63) is 11.1 Å². The molecule has 1 aromatic heterocycles. The average Bonchev–Trinajstić information content (AvgIpc) is 2.91. The fraction of sp³-hybridized carbons (Fsp3) is 0.714. The molecule has 1 heterocycles. The summed E-state index contributed by atoms with van der Waals surface area (Å²) < 4.78 is 9.85. The predicted octanol–water partition coefficient (Wildman–Crippen LogP) is 2.50. The van der Waals surface area contributed by atoms with E-state index in [2.05, 4.69) is 28.5 Å².